The highest BCUT2D eigenvalue weighted by molar-refractivity contribution is 5.97. The molecule has 1 aromatic carbocycles. The summed E-state index contributed by atoms with van der Waals surface area (Å²) in [6.07, 6.45) is 0.562. The van der Waals surface area contributed by atoms with Crippen molar-refractivity contribution < 1.29 is 14.3 Å². The molecule has 96 valence electrons. The Morgan fingerprint density at radius 3 is 2.63 bits per heavy atom. The summed E-state index contributed by atoms with van der Waals surface area (Å²) in [5, 5.41) is 0. The number of rotatable bonds is 4. The van der Waals surface area contributed by atoms with Crippen LogP contribution in [0.4, 0.5) is 0 Å². The number of carbonyl (C=O) groups excluding carboxylic acids is 2. The molecule has 0 amide bonds. The maximum Gasteiger partial charge on any atom is 0.340 e. The lowest BCUT2D eigenvalue weighted by Gasteiger charge is -2.06. The second kappa shape index (κ2) is 5.91. The van der Waals surface area contributed by atoms with Crippen molar-refractivity contribution in [1.82, 2.24) is 4.98 Å². The summed E-state index contributed by atoms with van der Waals surface area (Å²) >= 11 is 0. The van der Waals surface area contributed by atoms with Crippen LogP contribution in [0, 0.1) is 6.92 Å². The molecule has 1 heterocycles. The second-order valence-electron chi connectivity index (χ2n) is 4.07. The van der Waals surface area contributed by atoms with Crippen LogP contribution < -0.4 is 0 Å². The van der Waals surface area contributed by atoms with Gasteiger partial charge in [-0.05, 0) is 24.6 Å². The molecule has 0 fully saturated rings. The van der Waals surface area contributed by atoms with Gasteiger partial charge in [0.1, 0.15) is 12.3 Å². The quantitative estimate of drug-likeness (QED) is 0.622. The van der Waals surface area contributed by atoms with Gasteiger partial charge in [-0.15, -0.1) is 0 Å². The molecule has 0 N–H and O–H groups in total. The number of carbonyl (C=O) groups is 2. The second-order valence-corrected chi connectivity index (χ2v) is 4.07. The number of hydrogen-bond donors (Lipinski definition) is 0. The van der Waals surface area contributed by atoms with Gasteiger partial charge < -0.3 is 4.74 Å². The summed E-state index contributed by atoms with van der Waals surface area (Å²) < 4.78 is 5.16. The van der Waals surface area contributed by atoms with Crippen LogP contribution >= 0.6 is 0 Å². The van der Waals surface area contributed by atoms with Crippen molar-refractivity contribution in [1.29, 1.82) is 0 Å². The first-order chi connectivity index (χ1) is 9.20. The van der Waals surface area contributed by atoms with Gasteiger partial charge in [0.2, 0.25) is 0 Å². The summed E-state index contributed by atoms with van der Waals surface area (Å²) in [7, 11) is 0. The van der Waals surface area contributed by atoms with E-state index in [2.05, 4.69) is 4.98 Å². The summed E-state index contributed by atoms with van der Waals surface area (Å²) in [5.74, 6) is -0.543. The number of ether oxygens (including phenoxy) is 1. The minimum absolute atomic E-state index is 0.109. The van der Waals surface area contributed by atoms with E-state index in [1.807, 2.05) is 30.3 Å². The highest BCUT2D eigenvalue weighted by Gasteiger charge is 2.13. The Hall–Kier alpha value is -2.49. The summed E-state index contributed by atoms with van der Waals surface area (Å²) in [5.41, 5.74) is 1.87. The van der Waals surface area contributed by atoms with Crippen molar-refractivity contribution >= 4 is 12.3 Å². The van der Waals surface area contributed by atoms with E-state index < -0.39 is 5.97 Å². The molecule has 0 aliphatic rings. The topological polar surface area (TPSA) is 56.3 Å². The molecule has 0 aliphatic carbocycles. The molecular formula is C15H13NO3. The molecule has 0 saturated heterocycles. The molecule has 4 nitrogen and oxygen atoms in total. The van der Waals surface area contributed by atoms with E-state index >= 15 is 0 Å². The highest BCUT2D eigenvalue weighted by Crippen LogP contribution is 2.09. The Kier molecular flexibility index (Phi) is 4.03. The fraction of sp³-hybridized carbons (Fsp3) is 0.133. The molecule has 0 atom stereocenters. The van der Waals surface area contributed by atoms with Crippen molar-refractivity contribution in [2.45, 2.75) is 13.5 Å². The van der Waals surface area contributed by atoms with Gasteiger partial charge in [0, 0.05) is 5.69 Å². The zero-order chi connectivity index (χ0) is 13.7. The maximum absolute atomic E-state index is 11.9. The maximum atomic E-state index is 11.9. The first-order valence-electron chi connectivity index (χ1n) is 5.84. The van der Waals surface area contributed by atoms with Gasteiger partial charge in [-0.25, -0.2) is 9.78 Å². The number of aromatic nitrogens is 1. The van der Waals surface area contributed by atoms with Crippen LogP contribution in [-0.4, -0.2) is 17.2 Å². The lowest BCUT2D eigenvalue weighted by Crippen LogP contribution is -2.10. The third-order valence-corrected chi connectivity index (χ3v) is 2.61. The first kappa shape index (κ1) is 13.0. The van der Waals surface area contributed by atoms with E-state index in [1.165, 1.54) is 0 Å². The van der Waals surface area contributed by atoms with Crippen molar-refractivity contribution in [3.8, 4) is 0 Å². The van der Waals surface area contributed by atoms with Gasteiger partial charge in [-0.2, -0.15) is 0 Å². The predicted molar refractivity (Wildman–Crippen MR) is 69.9 cm³/mol. The largest absolute Gasteiger partial charge is 0.457 e. The molecule has 0 saturated carbocycles. The predicted octanol–water partition coefficient (Wildman–Crippen LogP) is 2.56. The Morgan fingerprint density at radius 1 is 1.21 bits per heavy atom. The Labute approximate surface area is 111 Å². The summed E-state index contributed by atoms with van der Waals surface area (Å²) in [4.78, 5) is 26.8. The first-order valence-corrected chi connectivity index (χ1v) is 5.84. The van der Waals surface area contributed by atoms with E-state index in [-0.39, 0.29) is 17.9 Å². The molecule has 2 rings (SSSR count). The molecule has 1 aromatic heterocycles. The minimum Gasteiger partial charge on any atom is -0.457 e. The average Bonchev–Trinajstić information content (AvgIpc) is 2.45. The van der Waals surface area contributed by atoms with E-state index in [1.54, 1.807) is 19.1 Å². The van der Waals surface area contributed by atoms with Crippen LogP contribution in [-0.2, 0) is 11.3 Å². The third-order valence-electron chi connectivity index (χ3n) is 2.61. The van der Waals surface area contributed by atoms with Crippen molar-refractivity contribution in [2.24, 2.45) is 0 Å². The zero-order valence-electron chi connectivity index (χ0n) is 10.5. The average molecular weight is 255 g/mol. The van der Waals surface area contributed by atoms with Crippen LogP contribution in [0.25, 0.3) is 0 Å². The number of aldehydes is 1. The zero-order valence-corrected chi connectivity index (χ0v) is 10.5. The fourth-order valence-electron chi connectivity index (χ4n) is 1.64. The number of benzene rings is 1. The summed E-state index contributed by atoms with van der Waals surface area (Å²) in [6, 6.07) is 12.6. The van der Waals surface area contributed by atoms with Gasteiger partial charge in [-0.1, -0.05) is 30.3 Å². The van der Waals surface area contributed by atoms with E-state index in [0.717, 1.165) is 5.56 Å². The fourth-order valence-corrected chi connectivity index (χ4v) is 1.64. The number of hydrogen-bond acceptors (Lipinski definition) is 4. The van der Waals surface area contributed by atoms with Gasteiger partial charge >= 0.3 is 5.97 Å². The molecule has 0 radical (unpaired) electrons. The van der Waals surface area contributed by atoms with Crippen molar-refractivity contribution in [3.05, 3.63) is 65.0 Å². The van der Waals surface area contributed by atoms with Crippen molar-refractivity contribution in [3.63, 3.8) is 0 Å². The molecule has 0 bridgehead atoms. The van der Waals surface area contributed by atoms with Crippen LogP contribution in [0.5, 0.6) is 0 Å². The van der Waals surface area contributed by atoms with Crippen molar-refractivity contribution in [2.75, 3.05) is 0 Å². The molecule has 19 heavy (non-hydrogen) atoms. The smallest absolute Gasteiger partial charge is 0.340 e. The van der Waals surface area contributed by atoms with Gasteiger partial charge in [0.15, 0.2) is 6.29 Å². The van der Waals surface area contributed by atoms with Gasteiger partial charge in [-0.3, -0.25) is 4.79 Å². The molecule has 2 aromatic rings. The number of esters is 1. The normalized spacial score (nSPS) is 9.95. The minimum atomic E-state index is -0.543. The summed E-state index contributed by atoms with van der Waals surface area (Å²) in [6.45, 7) is 1.93. The standard InChI is InChI=1S/C15H13NO3/c1-11-7-8-13(14(9-17)16-11)15(18)19-10-12-5-3-2-4-6-12/h2-9H,10H2,1H3. The van der Waals surface area contributed by atoms with Gasteiger partial charge in [0.25, 0.3) is 0 Å². The molecular weight excluding hydrogens is 242 g/mol. The van der Waals surface area contributed by atoms with Crippen LogP contribution in [0.1, 0.15) is 32.1 Å². The number of nitrogens with zero attached hydrogens (tertiary/aromatic N) is 1. The van der Waals surface area contributed by atoms with Crippen LogP contribution in [0.3, 0.4) is 0 Å². The third kappa shape index (κ3) is 3.25. The molecule has 4 heteroatoms. The monoisotopic (exact) mass is 255 g/mol. The van der Waals surface area contributed by atoms with E-state index in [0.29, 0.717) is 12.0 Å². The number of aryl methyl sites for hydroxylation is 1. The molecule has 0 aliphatic heterocycles. The van der Waals surface area contributed by atoms with Crippen LogP contribution in [0.2, 0.25) is 0 Å². The highest BCUT2D eigenvalue weighted by atomic mass is 16.5. The lowest BCUT2D eigenvalue weighted by molar-refractivity contribution is 0.0470. The molecule has 0 unspecified atom stereocenters. The Balaban J connectivity index is 2.10. The number of pyridine rings is 1. The van der Waals surface area contributed by atoms with Gasteiger partial charge in [0.05, 0.1) is 5.56 Å². The van der Waals surface area contributed by atoms with E-state index in [4.69, 9.17) is 4.74 Å². The Morgan fingerprint density at radius 2 is 1.95 bits per heavy atom. The lowest BCUT2D eigenvalue weighted by atomic mass is 10.2. The SMILES string of the molecule is Cc1ccc(C(=O)OCc2ccccc2)c(C=O)n1. The van der Waals surface area contributed by atoms with E-state index in [9.17, 15) is 9.59 Å². The van der Waals surface area contributed by atoms with Crippen LogP contribution in [0.15, 0.2) is 42.5 Å². The Bertz CT molecular complexity index is 594. The molecule has 0 spiro atoms.